The van der Waals surface area contributed by atoms with Crippen LogP contribution in [0.2, 0.25) is 0 Å². The van der Waals surface area contributed by atoms with E-state index < -0.39 is 0 Å². The van der Waals surface area contributed by atoms with E-state index in [1.807, 2.05) is 11.8 Å². The fourth-order valence-electron chi connectivity index (χ4n) is 5.46. The highest BCUT2D eigenvalue weighted by Crippen LogP contribution is 2.59. The Bertz CT molecular complexity index is 593. The van der Waals surface area contributed by atoms with Gasteiger partial charge in [0.25, 0.3) is 0 Å². The fraction of sp³-hybridized carbons (Fsp3) is 0.632. The molecule has 1 nitrogen and oxygen atoms in total. The Morgan fingerprint density at radius 3 is 2.86 bits per heavy atom. The van der Waals surface area contributed by atoms with Crippen molar-refractivity contribution < 1.29 is 4.79 Å². The number of hydrogen-bond donors (Lipinski definition) is 0. The van der Waals surface area contributed by atoms with Crippen molar-refractivity contribution >= 4 is 17.5 Å². The molecule has 3 aliphatic carbocycles. The van der Waals surface area contributed by atoms with Crippen molar-refractivity contribution in [3.05, 3.63) is 29.3 Å². The number of carbonyl (C=O) groups excluding carboxylic acids is 1. The van der Waals surface area contributed by atoms with Gasteiger partial charge in [0, 0.05) is 16.7 Å². The summed E-state index contributed by atoms with van der Waals surface area (Å²) in [4.78, 5) is 13.7. The third kappa shape index (κ3) is 1.94. The smallest absolute Gasteiger partial charge is 0.139 e. The first-order valence-electron chi connectivity index (χ1n) is 8.33. The first-order chi connectivity index (χ1) is 10.1. The first kappa shape index (κ1) is 13.9. The van der Waals surface area contributed by atoms with Crippen LogP contribution in [-0.4, -0.2) is 12.0 Å². The molecule has 2 saturated carbocycles. The Hall–Kier alpha value is -0.760. The number of Topliss-reactive ketones (excluding diaryl/α,β-unsaturated/α-hetero) is 1. The van der Waals surface area contributed by atoms with Gasteiger partial charge in [-0.2, -0.15) is 0 Å². The number of hydrogen-bond acceptors (Lipinski definition) is 2. The predicted molar refractivity (Wildman–Crippen MR) is 87.8 cm³/mol. The highest BCUT2D eigenvalue weighted by atomic mass is 32.2. The molecule has 0 saturated heterocycles. The van der Waals surface area contributed by atoms with Crippen molar-refractivity contribution in [3.8, 4) is 0 Å². The summed E-state index contributed by atoms with van der Waals surface area (Å²) in [6.45, 7) is 2.26. The van der Waals surface area contributed by atoms with Crippen molar-refractivity contribution in [1.29, 1.82) is 0 Å². The molecule has 0 heterocycles. The van der Waals surface area contributed by atoms with Crippen molar-refractivity contribution in [3.63, 3.8) is 0 Å². The molecule has 1 aromatic carbocycles. The van der Waals surface area contributed by atoms with Crippen LogP contribution in [0.25, 0.3) is 0 Å². The van der Waals surface area contributed by atoms with Gasteiger partial charge in [0.05, 0.1) is 0 Å². The van der Waals surface area contributed by atoms with Gasteiger partial charge in [-0.05, 0) is 79.4 Å². The largest absolute Gasteiger partial charge is 0.299 e. The third-order valence-electron chi connectivity index (χ3n) is 6.64. The molecule has 21 heavy (non-hydrogen) atoms. The Morgan fingerprint density at radius 1 is 1.19 bits per heavy atom. The van der Waals surface area contributed by atoms with Crippen LogP contribution >= 0.6 is 11.8 Å². The Kier molecular flexibility index (Phi) is 3.22. The lowest BCUT2D eigenvalue weighted by Crippen LogP contribution is -2.42. The topological polar surface area (TPSA) is 17.1 Å². The maximum absolute atomic E-state index is 12.3. The predicted octanol–water partition coefficient (Wildman–Crippen LogP) is 4.83. The van der Waals surface area contributed by atoms with Crippen molar-refractivity contribution in [2.24, 2.45) is 17.3 Å². The number of fused-ring (bicyclic) bond motifs is 5. The van der Waals surface area contributed by atoms with Gasteiger partial charge in [-0.15, -0.1) is 11.8 Å². The molecule has 0 unspecified atom stereocenters. The van der Waals surface area contributed by atoms with Gasteiger partial charge in [-0.1, -0.05) is 13.0 Å². The SMILES string of the molecule is CSc1ccc2c(c1)CC[C@@H]1[C@@H]2CC[C@]2(C)C(=O)CC[C@@H]12. The standard InChI is InChI=1S/C19H24OS/c1-19-10-9-15-14-6-4-13(21-2)11-12(14)3-5-16(15)17(19)7-8-18(19)20/h4,6,11,15-17H,3,5,7-10H2,1-2H3/t15-,16-,17+,19+/m1/s1. The molecule has 0 aromatic heterocycles. The van der Waals surface area contributed by atoms with E-state index in [0.29, 0.717) is 17.6 Å². The molecule has 0 spiro atoms. The van der Waals surface area contributed by atoms with Crippen LogP contribution in [0.3, 0.4) is 0 Å². The van der Waals surface area contributed by atoms with Gasteiger partial charge in [0.1, 0.15) is 5.78 Å². The lowest BCUT2D eigenvalue weighted by atomic mass is 9.55. The van der Waals surface area contributed by atoms with E-state index in [4.69, 9.17) is 0 Å². The maximum Gasteiger partial charge on any atom is 0.139 e. The second-order valence-electron chi connectivity index (χ2n) is 7.40. The number of ketones is 1. The molecule has 0 amide bonds. The molecular weight excluding hydrogens is 276 g/mol. The van der Waals surface area contributed by atoms with Crippen LogP contribution in [0.5, 0.6) is 0 Å². The van der Waals surface area contributed by atoms with Crippen LogP contribution in [0.15, 0.2) is 23.1 Å². The van der Waals surface area contributed by atoms with Crippen LogP contribution in [0.4, 0.5) is 0 Å². The van der Waals surface area contributed by atoms with E-state index in [2.05, 4.69) is 31.4 Å². The van der Waals surface area contributed by atoms with Crippen LogP contribution in [0.1, 0.15) is 56.1 Å². The van der Waals surface area contributed by atoms with Gasteiger partial charge in [-0.25, -0.2) is 0 Å². The van der Waals surface area contributed by atoms with E-state index in [9.17, 15) is 4.79 Å². The molecular formula is C19H24OS. The molecule has 0 bridgehead atoms. The number of aryl methyl sites for hydroxylation is 1. The van der Waals surface area contributed by atoms with Gasteiger partial charge in [-0.3, -0.25) is 4.79 Å². The van der Waals surface area contributed by atoms with Crippen LogP contribution in [-0.2, 0) is 11.2 Å². The first-order valence-corrected chi connectivity index (χ1v) is 9.56. The lowest BCUT2D eigenvalue weighted by Gasteiger charge is -2.48. The van der Waals surface area contributed by atoms with Crippen molar-refractivity contribution in [2.75, 3.05) is 6.26 Å². The minimum atomic E-state index is 0.0118. The summed E-state index contributed by atoms with van der Waals surface area (Å²) in [7, 11) is 0. The molecule has 4 atom stereocenters. The number of benzene rings is 1. The number of carbonyl (C=O) groups is 1. The van der Waals surface area contributed by atoms with Crippen molar-refractivity contribution in [2.45, 2.75) is 56.3 Å². The van der Waals surface area contributed by atoms with E-state index in [0.717, 1.165) is 25.2 Å². The van der Waals surface area contributed by atoms with Crippen LogP contribution in [0, 0.1) is 17.3 Å². The van der Waals surface area contributed by atoms with E-state index >= 15 is 0 Å². The van der Waals surface area contributed by atoms with Gasteiger partial charge < -0.3 is 0 Å². The molecule has 0 aliphatic heterocycles. The lowest BCUT2D eigenvalue weighted by molar-refractivity contribution is -0.129. The van der Waals surface area contributed by atoms with Crippen molar-refractivity contribution in [1.82, 2.24) is 0 Å². The summed E-state index contributed by atoms with van der Waals surface area (Å²) in [5, 5.41) is 0. The summed E-state index contributed by atoms with van der Waals surface area (Å²) >= 11 is 1.84. The highest BCUT2D eigenvalue weighted by Gasteiger charge is 2.54. The Balaban J connectivity index is 1.70. The average Bonchev–Trinajstić information content (AvgIpc) is 2.82. The van der Waals surface area contributed by atoms with Gasteiger partial charge in [0.2, 0.25) is 0 Å². The second kappa shape index (κ2) is 4.87. The number of thioether (sulfide) groups is 1. The average molecular weight is 300 g/mol. The molecule has 112 valence electrons. The minimum Gasteiger partial charge on any atom is -0.299 e. The normalized spacial score (nSPS) is 37.8. The summed E-state index contributed by atoms with van der Waals surface area (Å²) in [6.07, 6.45) is 8.98. The maximum atomic E-state index is 12.3. The monoisotopic (exact) mass is 300 g/mol. The van der Waals surface area contributed by atoms with Crippen LogP contribution < -0.4 is 0 Å². The molecule has 0 radical (unpaired) electrons. The number of rotatable bonds is 1. The zero-order valence-electron chi connectivity index (χ0n) is 13.0. The quantitative estimate of drug-likeness (QED) is 0.691. The molecule has 2 heteroatoms. The summed E-state index contributed by atoms with van der Waals surface area (Å²) in [5.41, 5.74) is 3.19. The van der Waals surface area contributed by atoms with E-state index in [1.165, 1.54) is 24.2 Å². The molecule has 3 aliphatic rings. The van der Waals surface area contributed by atoms with E-state index in [-0.39, 0.29) is 5.41 Å². The molecule has 4 rings (SSSR count). The van der Waals surface area contributed by atoms with Gasteiger partial charge in [0.15, 0.2) is 0 Å². The van der Waals surface area contributed by atoms with Gasteiger partial charge >= 0.3 is 0 Å². The fourth-order valence-corrected chi connectivity index (χ4v) is 5.92. The molecule has 1 aromatic rings. The minimum absolute atomic E-state index is 0.0118. The second-order valence-corrected chi connectivity index (χ2v) is 8.28. The zero-order chi connectivity index (χ0) is 14.6. The Labute approximate surface area is 131 Å². The summed E-state index contributed by atoms with van der Waals surface area (Å²) in [5.74, 6) is 2.67. The van der Waals surface area contributed by atoms with E-state index in [1.54, 1.807) is 11.1 Å². The summed E-state index contributed by atoms with van der Waals surface area (Å²) in [6, 6.07) is 7.08. The highest BCUT2D eigenvalue weighted by molar-refractivity contribution is 7.98. The summed E-state index contributed by atoms with van der Waals surface area (Å²) < 4.78 is 0. The Morgan fingerprint density at radius 2 is 2.05 bits per heavy atom. The molecule has 0 N–H and O–H groups in total. The molecule has 2 fully saturated rings. The zero-order valence-corrected chi connectivity index (χ0v) is 13.8. The third-order valence-corrected chi connectivity index (χ3v) is 7.37.